The fourth-order valence-electron chi connectivity index (χ4n) is 9.72. The van der Waals surface area contributed by atoms with E-state index in [-0.39, 0.29) is 25.9 Å². The molecule has 2 atom stereocenters. The number of pyridine rings is 1. The first-order chi connectivity index (χ1) is 34.7. The van der Waals surface area contributed by atoms with Gasteiger partial charge in [0.15, 0.2) is 0 Å². The Morgan fingerprint density at radius 3 is 1.03 bits per heavy atom. The van der Waals surface area contributed by atoms with Gasteiger partial charge in [0, 0.05) is 69.5 Å². The lowest BCUT2D eigenvalue weighted by molar-refractivity contribution is -0.140. The van der Waals surface area contributed by atoms with Crippen LogP contribution in [0.3, 0.4) is 0 Å². The maximum absolute atomic E-state index is 12.9. The number of anilines is 1. The lowest BCUT2D eigenvalue weighted by Gasteiger charge is -2.34. The topological polar surface area (TPSA) is 172 Å². The highest BCUT2D eigenvalue weighted by atomic mass is 16.4. The Hall–Kier alpha value is -8.45. The highest BCUT2D eigenvalue weighted by Gasteiger charge is 2.42. The number of aromatic nitrogens is 5. The molecular weight excluding hydrogens is 885 g/mol. The van der Waals surface area contributed by atoms with Crippen LogP contribution in [0.4, 0.5) is 5.69 Å². The van der Waals surface area contributed by atoms with E-state index in [1.807, 2.05) is 140 Å². The van der Waals surface area contributed by atoms with Crippen molar-refractivity contribution < 1.29 is 19.8 Å². The van der Waals surface area contributed by atoms with Gasteiger partial charge in [-0.25, -0.2) is 9.97 Å². The van der Waals surface area contributed by atoms with Crippen LogP contribution in [0.5, 0.6) is 0 Å². The van der Waals surface area contributed by atoms with E-state index in [1.54, 1.807) is 12.4 Å². The number of nitrogens with zero attached hydrogens (tertiary/aromatic N) is 4. The minimum absolute atomic E-state index is 0.122. The zero-order chi connectivity index (χ0) is 49.2. The molecule has 6 aromatic carbocycles. The first-order valence-corrected chi connectivity index (χ1v) is 23.7. The summed E-state index contributed by atoms with van der Waals surface area (Å²) in [6.07, 6.45) is 3.69. The molecule has 9 rings (SSSR count). The highest BCUT2D eigenvalue weighted by molar-refractivity contribution is 5.74. The van der Waals surface area contributed by atoms with Crippen LogP contribution in [0.1, 0.15) is 67.8 Å². The number of H-pyrrole nitrogens is 2. The summed E-state index contributed by atoms with van der Waals surface area (Å²) < 4.78 is 0. The van der Waals surface area contributed by atoms with Gasteiger partial charge in [-0.1, -0.05) is 182 Å². The molecule has 12 nitrogen and oxygen atoms in total. The quantitative estimate of drug-likeness (QED) is 0.0382. The van der Waals surface area contributed by atoms with Crippen LogP contribution in [0.15, 0.2) is 207 Å². The van der Waals surface area contributed by atoms with E-state index in [0.29, 0.717) is 34.4 Å². The molecule has 3 heterocycles. The molecule has 9 aromatic rings. The molecule has 6 N–H and O–H groups in total. The predicted molar refractivity (Wildman–Crippen MR) is 276 cm³/mol. The van der Waals surface area contributed by atoms with Gasteiger partial charge in [-0.2, -0.15) is 0 Å². The second-order valence-electron chi connectivity index (χ2n) is 17.9. The number of hydrogen-bond acceptors (Lipinski definition) is 8. The number of carbonyl (C=O) groups is 2. The summed E-state index contributed by atoms with van der Waals surface area (Å²) in [5, 5.41) is 27.6. The number of aliphatic carboxylic acids is 2. The summed E-state index contributed by atoms with van der Waals surface area (Å²) in [5.41, 5.74) is 7.82. The molecule has 0 aliphatic heterocycles. The summed E-state index contributed by atoms with van der Waals surface area (Å²) in [4.78, 5) is 49.7. The molecule has 0 aliphatic carbocycles. The van der Waals surface area contributed by atoms with Crippen LogP contribution in [0.25, 0.3) is 0 Å². The van der Waals surface area contributed by atoms with E-state index >= 15 is 0 Å². The monoisotopic (exact) mass is 940 g/mol. The lowest BCUT2D eigenvalue weighted by atomic mass is 9.69. The molecule has 12 heteroatoms. The highest BCUT2D eigenvalue weighted by Crippen LogP contribution is 2.45. The van der Waals surface area contributed by atoms with Crippen molar-refractivity contribution in [2.45, 2.75) is 48.8 Å². The number of aromatic amines is 2. The summed E-state index contributed by atoms with van der Waals surface area (Å²) in [6, 6.07) is 63.0. The van der Waals surface area contributed by atoms with Gasteiger partial charge >= 0.3 is 11.9 Å². The number of carboxylic acid groups (broad SMARTS) is 2. The maximum Gasteiger partial charge on any atom is 0.321 e. The van der Waals surface area contributed by atoms with Crippen molar-refractivity contribution in [1.82, 2.24) is 35.6 Å². The van der Waals surface area contributed by atoms with Gasteiger partial charge in [-0.05, 0) is 45.5 Å². The Kier molecular flexibility index (Phi) is 14.4. The van der Waals surface area contributed by atoms with Crippen molar-refractivity contribution in [3.8, 4) is 0 Å². The molecular formula is C59H56N8O4. The SMILES string of the molecule is CN(C)c1cc(CN[C@@H](Cc2cnc(C(c3ccccc3)(c3ccccc3)c3ccccc3)[nH]2)C(=O)O)nc(CN[C@H](Cc2cnc(C(c3ccccc3)(c3ccccc3)c3ccccc3)[nH]2)C(=O)O)c1. The van der Waals surface area contributed by atoms with Gasteiger partial charge in [0.2, 0.25) is 0 Å². The third-order valence-corrected chi connectivity index (χ3v) is 13.1. The number of hydrogen-bond donors (Lipinski definition) is 6. The zero-order valence-corrected chi connectivity index (χ0v) is 39.6. The molecule has 0 radical (unpaired) electrons. The molecule has 0 saturated heterocycles. The van der Waals surface area contributed by atoms with Gasteiger partial charge in [0.05, 0.1) is 11.4 Å². The van der Waals surface area contributed by atoms with Crippen molar-refractivity contribution in [2.75, 3.05) is 19.0 Å². The average molecular weight is 941 g/mol. The Morgan fingerprint density at radius 2 is 0.775 bits per heavy atom. The minimum Gasteiger partial charge on any atom is -0.480 e. The number of carboxylic acids is 2. The van der Waals surface area contributed by atoms with E-state index in [2.05, 4.69) is 93.4 Å². The summed E-state index contributed by atoms with van der Waals surface area (Å²) >= 11 is 0. The predicted octanol–water partition coefficient (Wildman–Crippen LogP) is 8.93. The van der Waals surface area contributed by atoms with Crippen LogP contribution in [-0.2, 0) is 46.4 Å². The third-order valence-electron chi connectivity index (χ3n) is 13.1. The summed E-state index contributed by atoms with van der Waals surface area (Å²) in [5.74, 6) is -0.700. The van der Waals surface area contributed by atoms with Crippen molar-refractivity contribution >= 4 is 17.6 Å². The molecule has 0 saturated carbocycles. The van der Waals surface area contributed by atoms with Crippen LogP contribution in [0, 0.1) is 0 Å². The van der Waals surface area contributed by atoms with E-state index in [0.717, 1.165) is 39.1 Å². The van der Waals surface area contributed by atoms with Gasteiger partial charge < -0.3 is 25.1 Å². The van der Waals surface area contributed by atoms with Crippen LogP contribution in [0.2, 0.25) is 0 Å². The molecule has 0 amide bonds. The Bertz CT molecular complexity index is 2750. The molecule has 356 valence electrons. The van der Waals surface area contributed by atoms with E-state index in [1.165, 1.54) is 0 Å². The second-order valence-corrected chi connectivity index (χ2v) is 17.9. The normalized spacial score (nSPS) is 12.5. The first kappa shape index (κ1) is 47.6. The lowest BCUT2D eigenvalue weighted by Crippen LogP contribution is -2.39. The molecule has 0 fully saturated rings. The van der Waals surface area contributed by atoms with E-state index < -0.39 is 34.9 Å². The Labute approximate surface area is 413 Å². The summed E-state index contributed by atoms with van der Waals surface area (Å²) in [6.45, 7) is 0.278. The number of nitrogens with one attached hydrogen (secondary N) is 4. The smallest absolute Gasteiger partial charge is 0.321 e. The van der Waals surface area contributed by atoms with Gasteiger partial charge in [-0.3, -0.25) is 25.2 Å². The zero-order valence-electron chi connectivity index (χ0n) is 39.6. The minimum atomic E-state index is -1.02. The largest absolute Gasteiger partial charge is 0.480 e. The van der Waals surface area contributed by atoms with Gasteiger partial charge in [-0.15, -0.1) is 0 Å². The fraction of sp³-hybridized carbons (Fsp3) is 0.169. The second kappa shape index (κ2) is 21.5. The summed E-state index contributed by atoms with van der Waals surface area (Å²) in [7, 11) is 3.83. The first-order valence-electron chi connectivity index (χ1n) is 23.7. The van der Waals surface area contributed by atoms with Crippen molar-refractivity contribution in [3.05, 3.63) is 274 Å². The maximum atomic E-state index is 12.9. The van der Waals surface area contributed by atoms with Crippen LogP contribution >= 0.6 is 0 Å². The van der Waals surface area contributed by atoms with Gasteiger partial charge in [0.25, 0.3) is 0 Å². The molecule has 71 heavy (non-hydrogen) atoms. The average Bonchev–Trinajstić information content (AvgIpc) is 4.09. The molecule has 3 aromatic heterocycles. The molecule has 0 spiro atoms. The number of benzene rings is 6. The van der Waals surface area contributed by atoms with Gasteiger partial charge in [0.1, 0.15) is 34.6 Å². The van der Waals surface area contributed by atoms with Crippen molar-refractivity contribution in [3.63, 3.8) is 0 Å². The van der Waals surface area contributed by atoms with E-state index in [9.17, 15) is 19.8 Å². The Morgan fingerprint density at radius 1 is 0.493 bits per heavy atom. The fourth-order valence-corrected chi connectivity index (χ4v) is 9.72. The number of rotatable bonds is 21. The third kappa shape index (κ3) is 10.0. The molecule has 0 unspecified atom stereocenters. The molecule has 0 bridgehead atoms. The Balaban J connectivity index is 0.936. The van der Waals surface area contributed by atoms with Crippen molar-refractivity contribution in [1.29, 1.82) is 0 Å². The van der Waals surface area contributed by atoms with Crippen LogP contribution in [-0.4, -0.2) is 73.3 Å². The standard InChI is InChI=1S/C59H56N8O4/c1-67(2)51-33-47(37-60-52(54(68)69)35-49-39-62-56(65-49)58(41-21-9-3-10-22-41,42-23-11-4-12-24-42)43-25-13-5-14-26-43)64-48(34-51)38-61-53(55(70)71)36-50-40-63-57(66-50)59(44-27-15-6-16-28-44,45-29-17-7-18-30-45)46-31-19-8-20-32-46/h3-34,39-40,52-53,60-61H,35-38H2,1-2H3,(H,62,65)(H,63,66)(H,68,69)(H,70,71)/t52-,53+. The molecule has 0 aliphatic rings. The van der Waals surface area contributed by atoms with Crippen molar-refractivity contribution in [2.24, 2.45) is 0 Å². The number of imidazole rings is 2. The van der Waals surface area contributed by atoms with E-state index in [4.69, 9.17) is 15.0 Å². The van der Waals surface area contributed by atoms with Crippen LogP contribution < -0.4 is 15.5 Å².